The van der Waals surface area contributed by atoms with Crippen molar-refractivity contribution in [1.82, 2.24) is 9.97 Å². The lowest BCUT2D eigenvalue weighted by atomic mass is 10.2. The lowest BCUT2D eigenvalue weighted by Gasteiger charge is -2.11. The van der Waals surface area contributed by atoms with Crippen LogP contribution in [0.25, 0.3) is 10.9 Å². The Kier molecular flexibility index (Phi) is 2.31. The molecule has 0 N–H and O–H groups in total. The molecular formula is C11H12N2O. The van der Waals surface area contributed by atoms with Crippen LogP contribution in [-0.4, -0.2) is 16.1 Å². The first-order valence-corrected chi connectivity index (χ1v) is 4.63. The van der Waals surface area contributed by atoms with E-state index in [1.54, 1.807) is 18.6 Å². The van der Waals surface area contributed by atoms with E-state index in [1.807, 2.05) is 26.0 Å². The Morgan fingerprint density at radius 1 is 1.21 bits per heavy atom. The second-order valence-electron chi connectivity index (χ2n) is 3.37. The smallest absolute Gasteiger partial charge is 0.130 e. The lowest BCUT2D eigenvalue weighted by molar-refractivity contribution is 0.245. The zero-order chi connectivity index (χ0) is 9.97. The van der Waals surface area contributed by atoms with Gasteiger partial charge in [0.2, 0.25) is 0 Å². The fraction of sp³-hybridized carbons (Fsp3) is 0.273. The Labute approximate surface area is 82.8 Å². The number of pyridine rings is 2. The second kappa shape index (κ2) is 3.62. The Bertz CT molecular complexity index is 435. The maximum Gasteiger partial charge on any atom is 0.130 e. The van der Waals surface area contributed by atoms with Crippen molar-refractivity contribution < 1.29 is 4.74 Å². The highest BCUT2D eigenvalue weighted by atomic mass is 16.5. The maximum absolute atomic E-state index is 5.66. The van der Waals surface area contributed by atoms with Gasteiger partial charge in [0.15, 0.2) is 0 Å². The van der Waals surface area contributed by atoms with Gasteiger partial charge in [-0.25, -0.2) is 0 Å². The van der Waals surface area contributed by atoms with Gasteiger partial charge in [0.05, 0.1) is 17.8 Å². The lowest BCUT2D eigenvalue weighted by Crippen LogP contribution is -2.05. The summed E-state index contributed by atoms with van der Waals surface area (Å²) < 4.78 is 5.66. The number of aromatic nitrogens is 2. The van der Waals surface area contributed by atoms with Crippen LogP contribution in [0.15, 0.2) is 30.7 Å². The molecule has 3 heteroatoms. The summed E-state index contributed by atoms with van der Waals surface area (Å²) in [6, 6.07) is 3.79. The molecule has 0 saturated heterocycles. The zero-order valence-electron chi connectivity index (χ0n) is 8.27. The molecule has 72 valence electrons. The van der Waals surface area contributed by atoms with Crippen LogP contribution in [-0.2, 0) is 0 Å². The van der Waals surface area contributed by atoms with Gasteiger partial charge in [0, 0.05) is 17.8 Å². The molecule has 0 aliphatic rings. The average molecular weight is 188 g/mol. The summed E-state index contributed by atoms with van der Waals surface area (Å²) in [7, 11) is 0. The van der Waals surface area contributed by atoms with E-state index < -0.39 is 0 Å². The fourth-order valence-corrected chi connectivity index (χ4v) is 1.33. The van der Waals surface area contributed by atoms with E-state index in [2.05, 4.69) is 9.97 Å². The van der Waals surface area contributed by atoms with Crippen LogP contribution in [0, 0.1) is 0 Å². The van der Waals surface area contributed by atoms with Gasteiger partial charge >= 0.3 is 0 Å². The van der Waals surface area contributed by atoms with Gasteiger partial charge in [-0.1, -0.05) is 0 Å². The first kappa shape index (κ1) is 8.94. The van der Waals surface area contributed by atoms with Gasteiger partial charge in [-0.05, 0) is 26.0 Å². The molecule has 0 saturated carbocycles. The standard InChI is InChI=1S/C11H12N2O/c1-8(2)14-11-4-6-13-10-7-12-5-3-9(10)11/h3-8H,1-2H3. The van der Waals surface area contributed by atoms with E-state index >= 15 is 0 Å². The van der Waals surface area contributed by atoms with E-state index in [1.165, 1.54) is 0 Å². The summed E-state index contributed by atoms with van der Waals surface area (Å²) >= 11 is 0. The predicted molar refractivity (Wildman–Crippen MR) is 55.3 cm³/mol. The summed E-state index contributed by atoms with van der Waals surface area (Å²) in [5.74, 6) is 0.868. The summed E-state index contributed by atoms with van der Waals surface area (Å²) in [6.45, 7) is 4.01. The third kappa shape index (κ3) is 1.66. The maximum atomic E-state index is 5.66. The van der Waals surface area contributed by atoms with Crippen molar-refractivity contribution in [2.45, 2.75) is 20.0 Å². The SMILES string of the molecule is CC(C)Oc1ccnc2cnccc12. The quantitative estimate of drug-likeness (QED) is 0.726. The second-order valence-corrected chi connectivity index (χ2v) is 3.37. The van der Waals surface area contributed by atoms with Crippen LogP contribution in [0.5, 0.6) is 5.75 Å². The highest BCUT2D eigenvalue weighted by Crippen LogP contribution is 2.23. The van der Waals surface area contributed by atoms with Crippen LogP contribution in [0.4, 0.5) is 0 Å². The van der Waals surface area contributed by atoms with Crippen molar-refractivity contribution in [1.29, 1.82) is 0 Å². The molecule has 0 aromatic carbocycles. The molecule has 0 spiro atoms. The third-order valence-corrected chi connectivity index (χ3v) is 1.87. The number of ether oxygens (including phenoxy) is 1. The molecule has 2 heterocycles. The van der Waals surface area contributed by atoms with Crippen molar-refractivity contribution in [2.75, 3.05) is 0 Å². The van der Waals surface area contributed by atoms with Crippen LogP contribution in [0.2, 0.25) is 0 Å². The first-order chi connectivity index (χ1) is 6.77. The first-order valence-electron chi connectivity index (χ1n) is 4.63. The minimum atomic E-state index is 0.175. The van der Waals surface area contributed by atoms with Crippen LogP contribution >= 0.6 is 0 Å². The minimum Gasteiger partial charge on any atom is -0.490 e. The summed E-state index contributed by atoms with van der Waals surface area (Å²) in [5, 5.41) is 1.01. The Morgan fingerprint density at radius 3 is 2.86 bits per heavy atom. The minimum absolute atomic E-state index is 0.175. The van der Waals surface area contributed by atoms with Crippen molar-refractivity contribution in [2.24, 2.45) is 0 Å². The normalized spacial score (nSPS) is 10.8. The molecule has 0 amide bonds. The monoisotopic (exact) mass is 188 g/mol. The van der Waals surface area contributed by atoms with E-state index in [9.17, 15) is 0 Å². The fourth-order valence-electron chi connectivity index (χ4n) is 1.33. The van der Waals surface area contributed by atoms with Gasteiger partial charge < -0.3 is 4.74 Å². The molecule has 2 aromatic heterocycles. The zero-order valence-corrected chi connectivity index (χ0v) is 8.27. The topological polar surface area (TPSA) is 35.0 Å². The number of hydrogen-bond donors (Lipinski definition) is 0. The predicted octanol–water partition coefficient (Wildman–Crippen LogP) is 2.42. The molecule has 0 aliphatic heterocycles. The number of fused-ring (bicyclic) bond motifs is 1. The summed E-state index contributed by atoms with van der Waals surface area (Å²) in [4.78, 5) is 8.22. The Hall–Kier alpha value is -1.64. The van der Waals surface area contributed by atoms with Crippen LogP contribution < -0.4 is 4.74 Å². The van der Waals surface area contributed by atoms with Gasteiger partial charge in [-0.2, -0.15) is 0 Å². The number of hydrogen-bond acceptors (Lipinski definition) is 3. The average Bonchev–Trinajstić information content (AvgIpc) is 2.18. The molecule has 2 aromatic rings. The van der Waals surface area contributed by atoms with Crippen molar-refractivity contribution in [3.05, 3.63) is 30.7 Å². The molecule has 0 radical (unpaired) electrons. The van der Waals surface area contributed by atoms with E-state index in [0.717, 1.165) is 16.7 Å². The summed E-state index contributed by atoms with van der Waals surface area (Å²) in [6.07, 6.45) is 5.40. The van der Waals surface area contributed by atoms with Gasteiger partial charge in [-0.15, -0.1) is 0 Å². The van der Waals surface area contributed by atoms with E-state index in [4.69, 9.17) is 4.74 Å². The molecule has 3 nitrogen and oxygen atoms in total. The molecule has 0 atom stereocenters. The van der Waals surface area contributed by atoms with E-state index in [0.29, 0.717) is 0 Å². The summed E-state index contributed by atoms with van der Waals surface area (Å²) in [5.41, 5.74) is 0.866. The molecule has 0 aliphatic carbocycles. The van der Waals surface area contributed by atoms with Crippen molar-refractivity contribution in [3.8, 4) is 5.75 Å². The highest BCUT2D eigenvalue weighted by Gasteiger charge is 2.03. The van der Waals surface area contributed by atoms with Crippen LogP contribution in [0.1, 0.15) is 13.8 Å². The molecule has 0 unspecified atom stereocenters. The Balaban J connectivity index is 2.53. The largest absolute Gasteiger partial charge is 0.490 e. The molecule has 14 heavy (non-hydrogen) atoms. The van der Waals surface area contributed by atoms with Gasteiger partial charge in [0.25, 0.3) is 0 Å². The highest BCUT2D eigenvalue weighted by molar-refractivity contribution is 5.83. The molecule has 0 fully saturated rings. The van der Waals surface area contributed by atoms with Gasteiger partial charge in [-0.3, -0.25) is 9.97 Å². The molecular weight excluding hydrogens is 176 g/mol. The third-order valence-electron chi connectivity index (χ3n) is 1.87. The van der Waals surface area contributed by atoms with Crippen LogP contribution in [0.3, 0.4) is 0 Å². The number of rotatable bonds is 2. The van der Waals surface area contributed by atoms with Crippen molar-refractivity contribution >= 4 is 10.9 Å². The molecule has 0 bridgehead atoms. The van der Waals surface area contributed by atoms with Crippen molar-refractivity contribution in [3.63, 3.8) is 0 Å². The van der Waals surface area contributed by atoms with Gasteiger partial charge in [0.1, 0.15) is 5.75 Å². The number of nitrogens with zero attached hydrogens (tertiary/aromatic N) is 2. The van der Waals surface area contributed by atoms with E-state index in [-0.39, 0.29) is 6.10 Å². The Morgan fingerprint density at radius 2 is 2.07 bits per heavy atom. The molecule has 2 rings (SSSR count).